The highest BCUT2D eigenvalue weighted by atomic mass is 35.5. The molecule has 2 aromatic carbocycles. The van der Waals surface area contributed by atoms with E-state index in [2.05, 4.69) is 20.3 Å². The topological polar surface area (TPSA) is 130 Å². The van der Waals surface area contributed by atoms with Crippen LogP contribution in [0.1, 0.15) is 5.89 Å². The molecule has 11 heteroatoms. The van der Waals surface area contributed by atoms with E-state index < -0.39 is 5.97 Å². The van der Waals surface area contributed by atoms with Gasteiger partial charge in [0.05, 0.1) is 6.42 Å². The van der Waals surface area contributed by atoms with Gasteiger partial charge in [0, 0.05) is 10.6 Å². The average molecular weight is 444 g/mol. The number of carbonyl (C=O) groups excluding carboxylic acids is 1. The Kier molecular flexibility index (Phi) is 5.96. The van der Waals surface area contributed by atoms with Crippen molar-refractivity contribution in [2.75, 3.05) is 5.75 Å². The Morgan fingerprint density at radius 1 is 1.13 bits per heavy atom. The molecule has 0 spiro atoms. The van der Waals surface area contributed by atoms with E-state index in [9.17, 15) is 4.79 Å². The molecule has 0 aliphatic rings. The summed E-state index contributed by atoms with van der Waals surface area (Å²) in [7, 11) is 0. The van der Waals surface area contributed by atoms with Gasteiger partial charge in [-0.3, -0.25) is 0 Å². The first-order valence-electron chi connectivity index (χ1n) is 8.66. The molecule has 0 bridgehead atoms. The second-order valence-electron chi connectivity index (χ2n) is 5.97. The second-order valence-corrected chi connectivity index (χ2v) is 7.33. The fourth-order valence-corrected chi connectivity index (χ4v) is 3.07. The number of fused-ring (bicyclic) bond motifs is 1. The number of rotatable bonds is 7. The van der Waals surface area contributed by atoms with Gasteiger partial charge in [-0.2, -0.15) is 0 Å². The van der Waals surface area contributed by atoms with Crippen LogP contribution < -0.4 is 5.73 Å². The predicted molar refractivity (Wildman–Crippen MR) is 111 cm³/mol. The Bertz CT molecular complexity index is 1170. The number of nitrogens with two attached hydrogens (primary N) is 1. The number of nitrogens with zero attached hydrogens (tertiary/aromatic N) is 4. The molecular formula is C19H14ClN5O4S. The Morgan fingerprint density at radius 2 is 1.93 bits per heavy atom. The highest BCUT2D eigenvalue weighted by Gasteiger charge is 2.13. The number of carbonyl (C=O) groups is 1. The highest BCUT2D eigenvalue weighted by molar-refractivity contribution is 7.99. The van der Waals surface area contributed by atoms with Crippen LogP contribution in [0, 0.1) is 0 Å². The lowest BCUT2D eigenvalue weighted by atomic mass is 10.2. The molecule has 152 valence electrons. The van der Waals surface area contributed by atoms with Crippen LogP contribution in [-0.4, -0.2) is 32.7 Å². The molecule has 30 heavy (non-hydrogen) atoms. The van der Waals surface area contributed by atoms with Crippen LogP contribution in [-0.2, 0) is 16.1 Å². The first-order valence-corrected chi connectivity index (χ1v) is 10.0. The minimum Gasteiger partial charge on any atom is -0.440 e. The highest BCUT2D eigenvalue weighted by Crippen LogP contribution is 2.24. The minimum absolute atomic E-state index is 0.0581. The molecule has 0 aliphatic heterocycles. The molecule has 0 fully saturated rings. The quantitative estimate of drug-likeness (QED) is 0.149. The molecule has 2 N–H and O–H groups in total. The molecule has 0 atom stereocenters. The molecule has 0 saturated heterocycles. The van der Waals surface area contributed by atoms with Gasteiger partial charge in [-0.15, -0.1) is 10.2 Å². The molecule has 2 heterocycles. The number of oxazole rings is 1. The number of para-hydroxylation sites is 2. The first kappa shape index (κ1) is 19.9. The first-order chi connectivity index (χ1) is 14.6. The zero-order valence-corrected chi connectivity index (χ0v) is 16.9. The van der Waals surface area contributed by atoms with Crippen molar-refractivity contribution in [3.8, 4) is 11.5 Å². The van der Waals surface area contributed by atoms with Gasteiger partial charge in [0.1, 0.15) is 17.1 Å². The van der Waals surface area contributed by atoms with E-state index in [1.165, 1.54) is 0 Å². The lowest BCUT2D eigenvalue weighted by Gasteiger charge is -1.98. The van der Waals surface area contributed by atoms with Crippen LogP contribution >= 0.6 is 23.4 Å². The van der Waals surface area contributed by atoms with Crippen molar-refractivity contribution in [3.05, 3.63) is 59.4 Å². The standard InChI is InChI=1S/C19H14ClN5O4S/c20-12-7-5-11(6-8-12)18-23-24-19(28-18)30-10-17(26)29-25-15(21)9-16-22-13-3-1-2-4-14(13)27-16/h1-8H,9-10H2,(H2,21,25). The van der Waals surface area contributed by atoms with Crippen LogP contribution in [0.3, 0.4) is 0 Å². The van der Waals surface area contributed by atoms with E-state index in [-0.39, 0.29) is 23.2 Å². The predicted octanol–water partition coefficient (Wildman–Crippen LogP) is 3.68. The number of amidine groups is 1. The van der Waals surface area contributed by atoms with E-state index in [1.807, 2.05) is 18.2 Å². The molecule has 9 nitrogen and oxygen atoms in total. The molecular weight excluding hydrogens is 430 g/mol. The second kappa shape index (κ2) is 8.97. The molecule has 0 aliphatic carbocycles. The van der Waals surface area contributed by atoms with Gasteiger partial charge in [0.25, 0.3) is 5.22 Å². The van der Waals surface area contributed by atoms with E-state index in [0.717, 1.165) is 17.3 Å². The number of benzene rings is 2. The number of hydrogen-bond acceptors (Lipinski definition) is 9. The summed E-state index contributed by atoms with van der Waals surface area (Å²) in [6, 6.07) is 14.3. The van der Waals surface area contributed by atoms with Crippen molar-refractivity contribution in [2.24, 2.45) is 10.9 Å². The Morgan fingerprint density at radius 3 is 2.73 bits per heavy atom. The van der Waals surface area contributed by atoms with Gasteiger partial charge in [0.15, 0.2) is 5.58 Å². The summed E-state index contributed by atoms with van der Waals surface area (Å²) < 4.78 is 11.0. The van der Waals surface area contributed by atoms with Crippen LogP contribution in [0.2, 0.25) is 5.02 Å². The number of oxime groups is 1. The summed E-state index contributed by atoms with van der Waals surface area (Å²) in [5, 5.41) is 12.3. The van der Waals surface area contributed by atoms with Crippen LogP contribution in [0.25, 0.3) is 22.6 Å². The molecule has 0 amide bonds. The van der Waals surface area contributed by atoms with Crippen molar-refractivity contribution in [1.82, 2.24) is 15.2 Å². The van der Waals surface area contributed by atoms with Crippen LogP contribution in [0.4, 0.5) is 0 Å². The summed E-state index contributed by atoms with van der Waals surface area (Å²) >= 11 is 6.88. The van der Waals surface area contributed by atoms with Gasteiger partial charge in [-0.25, -0.2) is 9.78 Å². The average Bonchev–Trinajstić information content (AvgIpc) is 3.37. The van der Waals surface area contributed by atoms with Crippen molar-refractivity contribution in [1.29, 1.82) is 0 Å². The van der Waals surface area contributed by atoms with Crippen molar-refractivity contribution in [3.63, 3.8) is 0 Å². The third-order valence-corrected chi connectivity index (χ3v) is 4.79. The smallest absolute Gasteiger partial charge is 0.345 e. The minimum atomic E-state index is -0.619. The number of aromatic nitrogens is 3. The SMILES string of the molecule is N/C(Cc1nc2ccccc2o1)=N\OC(=O)CSc1nnc(-c2ccc(Cl)cc2)o1. The zero-order valence-electron chi connectivity index (χ0n) is 15.3. The molecule has 4 aromatic rings. The van der Waals surface area contributed by atoms with Gasteiger partial charge in [0.2, 0.25) is 11.8 Å². The van der Waals surface area contributed by atoms with Crippen molar-refractivity contribution in [2.45, 2.75) is 11.6 Å². The molecule has 4 rings (SSSR count). The number of thioether (sulfide) groups is 1. The van der Waals surface area contributed by atoms with Gasteiger partial charge >= 0.3 is 5.97 Å². The summed E-state index contributed by atoms with van der Waals surface area (Å²) in [6.45, 7) is 0. The summed E-state index contributed by atoms with van der Waals surface area (Å²) in [6.07, 6.45) is 0.114. The maximum Gasteiger partial charge on any atom is 0.345 e. The lowest BCUT2D eigenvalue weighted by molar-refractivity contribution is -0.140. The third-order valence-electron chi connectivity index (χ3n) is 3.75. The van der Waals surface area contributed by atoms with Crippen molar-refractivity contribution < 1.29 is 18.5 Å². The van der Waals surface area contributed by atoms with E-state index in [0.29, 0.717) is 27.9 Å². The lowest BCUT2D eigenvalue weighted by Crippen LogP contribution is -2.17. The van der Waals surface area contributed by atoms with Crippen LogP contribution in [0.15, 0.2) is 67.7 Å². The van der Waals surface area contributed by atoms with Gasteiger partial charge < -0.3 is 19.4 Å². The van der Waals surface area contributed by atoms with Gasteiger partial charge in [-0.05, 0) is 36.4 Å². The molecule has 2 aromatic heterocycles. The van der Waals surface area contributed by atoms with Crippen molar-refractivity contribution >= 4 is 46.3 Å². The fourth-order valence-electron chi connectivity index (χ4n) is 2.42. The normalized spacial score (nSPS) is 11.7. The maximum absolute atomic E-state index is 11.9. The zero-order chi connectivity index (χ0) is 20.9. The molecule has 0 unspecified atom stereocenters. The van der Waals surface area contributed by atoms with E-state index >= 15 is 0 Å². The summed E-state index contributed by atoms with van der Waals surface area (Å²) in [5.74, 6) is 0.0585. The molecule has 0 radical (unpaired) electrons. The summed E-state index contributed by atoms with van der Waals surface area (Å²) in [4.78, 5) is 21.0. The fraction of sp³-hybridized carbons (Fsp3) is 0.105. The van der Waals surface area contributed by atoms with E-state index in [1.54, 1.807) is 30.3 Å². The van der Waals surface area contributed by atoms with Gasteiger partial charge in [-0.1, -0.05) is 40.7 Å². The summed E-state index contributed by atoms with van der Waals surface area (Å²) in [5.41, 5.74) is 7.86. The third kappa shape index (κ3) is 4.97. The van der Waals surface area contributed by atoms with Crippen LogP contribution in [0.5, 0.6) is 0 Å². The largest absolute Gasteiger partial charge is 0.440 e. The maximum atomic E-state index is 11.9. The Hall–Kier alpha value is -3.37. The monoisotopic (exact) mass is 443 g/mol. The Balaban J connectivity index is 1.27. The number of hydrogen-bond donors (Lipinski definition) is 1. The molecule has 0 saturated carbocycles. The Labute approximate surface area is 179 Å². The number of halogens is 1. The van der Waals surface area contributed by atoms with E-state index in [4.69, 9.17) is 31.0 Å².